The Morgan fingerprint density at radius 1 is 1.42 bits per heavy atom. The van der Waals surface area contributed by atoms with Gasteiger partial charge in [-0.1, -0.05) is 15.9 Å². The van der Waals surface area contributed by atoms with Crippen LogP contribution in [-0.4, -0.2) is 19.0 Å². The molecule has 0 aromatic heterocycles. The normalized spacial score (nSPS) is 16.0. The van der Waals surface area contributed by atoms with Gasteiger partial charge in [0.25, 0.3) is 0 Å². The Kier molecular flexibility index (Phi) is 4.15. The molecular weight excluding hydrogens is 325 g/mol. The molecule has 0 radical (unpaired) electrons. The van der Waals surface area contributed by atoms with Gasteiger partial charge in [0.05, 0.1) is 11.3 Å². The summed E-state index contributed by atoms with van der Waals surface area (Å²) < 4.78 is 38.8. The number of anilines is 1. The van der Waals surface area contributed by atoms with Gasteiger partial charge in [-0.05, 0) is 37.2 Å². The number of halogens is 4. The summed E-state index contributed by atoms with van der Waals surface area (Å²) in [7, 11) is 0. The molecule has 19 heavy (non-hydrogen) atoms. The number of alkyl halides is 3. The van der Waals surface area contributed by atoms with Crippen LogP contribution in [0, 0.1) is 5.92 Å². The molecule has 0 unspecified atom stereocenters. The minimum absolute atomic E-state index is 0.201. The molecule has 0 bridgehead atoms. The van der Waals surface area contributed by atoms with Crippen LogP contribution in [-0.2, 0) is 11.0 Å². The van der Waals surface area contributed by atoms with Crippen molar-refractivity contribution in [2.45, 2.75) is 12.6 Å². The molecule has 1 aliphatic heterocycles. The summed E-state index contributed by atoms with van der Waals surface area (Å²) in [5, 5.41) is 5.34. The van der Waals surface area contributed by atoms with Gasteiger partial charge in [0, 0.05) is 10.9 Å². The molecule has 0 spiro atoms. The summed E-state index contributed by atoms with van der Waals surface area (Å²) in [5.41, 5.74) is -1.05. The Morgan fingerprint density at radius 3 is 2.63 bits per heavy atom. The lowest BCUT2D eigenvalue weighted by Crippen LogP contribution is -2.43. The van der Waals surface area contributed by atoms with E-state index in [1.165, 1.54) is 12.1 Å². The highest BCUT2D eigenvalue weighted by atomic mass is 79.9. The second-order valence-electron chi connectivity index (χ2n) is 4.46. The lowest BCUT2D eigenvalue weighted by molar-refractivity contribution is -0.137. The minimum Gasteiger partial charge on any atom is -0.325 e. The van der Waals surface area contributed by atoms with Crippen LogP contribution in [0.15, 0.2) is 22.7 Å². The molecule has 1 aromatic carbocycles. The van der Waals surface area contributed by atoms with E-state index in [9.17, 15) is 18.0 Å². The van der Waals surface area contributed by atoms with Crippen LogP contribution in [0.2, 0.25) is 0 Å². The standard InChI is InChI=1S/C12H12BrF3N2O/c13-8-1-2-10(9(4-8)12(14,15)16)18-11(19)3-7-5-17-6-7/h1-2,4,7,17H,3,5-6H2,(H,18,19). The molecule has 0 atom stereocenters. The summed E-state index contributed by atoms with van der Waals surface area (Å²) in [6.07, 6.45) is -4.26. The Balaban J connectivity index is 2.12. The van der Waals surface area contributed by atoms with Gasteiger partial charge in [-0.15, -0.1) is 0 Å². The zero-order valence-corrected chi connectivity index (χ0v) is 11.4. The van der Waals surface area contributed by atoms with Gasteiger partial charge in [0.15, 0.2) is 0 Å². The first kappa shape index (κ1) is 14.3. The van der Waals surface area contributed by atoms with E-state index in [0.29, 0.717) is 4.47 Å². The van der Waals surface area contributed by atoms with Crippen molar-refractivity contribution >= 4 is 27.5 Å². The summed E-state index contributed by atoms with van der Waals surface area (Å²) >= 11 is 2.99. The van der Waals surface area contributed by atoms with Crippen molar-refractivity contribution in [3.05, 3.63) is 28.2 Å². The van der Waals surface area contributed by atoms with Gasteiger partial charge in [-0.3, -0.25) is 4.79 Å². The van der Waals surface area contributed by atoms with Crippen LogP contribution in [0.4, 0.5) is 18.9 Å². The van der Waals surface area contributed by atoms with Crippen LogP contribution in [0.5, 0.6) is 0 Å². The Hall–Kier alpha value is -1.08. The van der Waals surface area contributed by atoms with Crippen LogP contribution in [0.3, 0.4) is 0 Å². The smallest absolute Gasteiger partial charge is 0.325 e. The van der Waals surface area contributed by atoms with Gasteiger partial charge in [-0.25, -0.2) is 0 Å². The van der Waals surface area contributed by atoms with E-state index in [-0.39, 0.29) is 23.9 Å². The van der Waals surface area contributed by atoms with Gasteiger partial charge in [-0.2, -0.15) is 13.2 Å². The van der Waals surface area contributed by atoms with Crippen molar-refractivity contribution in [2.75, 3.05) is 18.4 Å². The topological polar surface area (TPSA) is 41.1 Å². The van der Waals surface area contributed by atoms with Crippen LogP contribution >= 0.6 is 15.9 Å². The van der Waals surface area contributed by atoms with E-state index >= 15 is 0 Å². The maximum absolute atomic E-state index is 12.8. The van der Waals surface area contributed by atoms with Gasteiger partial charge < -0.3 is 10.6 Å². The molecule has 1 aromatic rings. The van der Waals surface area contributed by atoms with E-state index in [0.717, 1.165) is 19.2 Å². The van der Waals surface area contributed by atoms with E-state index in [2.05, 4.69) is 26.6 Å². The fraction of sp³-hybridized carbons (Fsp3) is 0.417. The zero-order valence-electron chi connectivity index (χ0n) is 9.85. The third-order valence-electron chi connectivity index (χ3n) is 2.90. The molecule has 3 nitrogen and oxygen atoms in total. The lowest BCUT2D eigenvalue weighted by Gasteiger charge is -2.26. The predicted molar refractivity (Wildman–Crippen MR) is 68.8 cm³/mol. The Bertz CT molecular complexity index is 486. The molecule has 2 rings (SSSR count). The fourth-order valence-electron chi connectivity index (χ4n) is 1.82. The van der Waals surface area contributed by atoms with Crippen LogP contribution in [0.25, 0.3) is 0 Å². The number of carbonyl (C=O) groups is 1. The van der Waals surface area contributed by atoms with Gasteiger partial charge in [0.2, 0.25) is 5.91 Å². The number of hydrogen-bond acceptors (Lipinski definition) is 2. The minimum atomic E-state index is -4.50. The predicted octanol–water partition coefficient (Wildman–Crippen LogP) is 3.02. The highest BCUT2D eigenvalue weighted by Crippen LogP contribution is 2.36. The second kappa shape index (κ2) is 5.50. The van der Waals surface area contributed by atoms with E-state index in [1.54, 1.807) is 0 Å². The number of amides is 1. The maximum Gasteiger partial charge on any atom is 0.418 e. The maximum atomic E-state index is 12.8. The summed E-state index contributed by atoms with van der Waals surface area (Å²) in [6.45, 7) is 1.47. The van der Waals surface area contributed by atoms with Gasteiger partial charge >= 0.3 is 6.18 Å². The lowest BCUT2D eigenvalue weighted by atomic mass is 9.99. The van der Waals surface area contributed by atoms with Crippen molar-refractivity contribution in [1.82, 2.24) is 5.32 Å². The van der Waals surface area contributed by atoms with Crippen LogP contribution in [0.1, 0.15) is 12.0 Å². The van der Waals surface area contributed by atoms with Crippen molar-refractivity contribution in [1.29, 1.82) is 0 Å². The van der Waals surface area contributed by atoms with E-state index in [4.69, 9.17) is 0 Å². The molecule has 104 valence electrons. The molecule has 1 fully saturated rings. The third kappa shape index (κ3) is 3.70. The molecule has 2 N–H and O–H groups in total. The largest absolute Gasteiger partial charge is 0.418 e. The van der Waals surface area contributed by atoms with Crippen LogP contribution < -0.4 is 10.6 Å². The Labute approximate surface area is 116 Å². The van der Waals surface area contributed by atoms with Crippen molar-refractivity contribution in [2.24, 2.45) is 5.92 Å². The number of nitrogens with one attached hydrogen (secondary N) is 2. The molecule has 0 aliphatic carbocycles. The summed E-state index contributed by atoms with van der Waals surface area (Å²) in [5.74, 6) is -0.177. The number of hydrogen-bond donors (Lipinski definition) is 2. The first-order chi connectivity index (χ1) is 8.86. The van der Waals surface area contributed by atoms with Gasteiger partial charge in [0.1, 0.15) is 0 Å². The summed E-state index contributed by atoms with van der Waals surface area (Å²) in [4.78, 5) is 11.7. The highest BCUT2D eigenvalue weighted by molar-refractivity contribution is 9.10. The Morgan fingerprint density at radius 2 is 2.11 bits per heavy atom. The molecule has 1 saturated heterocycles. The number of rotatable bonds is 3. The SMILES string of the molecule is O=C(CC1CNC1)Nc1ccc(Br)cc1C(F)(F)F. The molecule has 1 aliphatic rings. The first-order valence-electron chi connectivity index (χ1n) is 5.73. The second-order valence-corrected chi connectivity index (χ2v) is 5.38. The average Bonchev–Trinajstić information content (AvgIpc) is 2.25. The zero-order chi connectivity index (χ0) is 14.0. The molecule has 0 saturated carbocycles. The number of carbonyl (C=O) groups excluding carboxylic acids is 1. The molecule has 1 amide bonds. The number of benzene rings is 1. The first-order valence-corrected chi connectivity index (χ1v) is 6.53. The summed E-state index contributed by atoms with van der Waals surface area (Å²) in [6, 6.07) is 3.68. The third-order valence-corrected chi connectivity index (χ3v) is 3.39. The fourth-order valence-corrected chi connectivity index (χ4v) is 2.18. The monoisotopic (exact) mass is 336 g/mol. The highest BCUT2D eigenvalue weighted by Gasteiger charge is 2.34. The molecule has 7 heteroatoms. The molecule has 1 heterocycles. The van der Waals surface area contributed by atoms with Crippen molar-refractivity contribution in [3.8, 4) is 0 Å². The molecular formula is C12H12BrF3N2O. The quantitative estimate of drug-likeness (QED) is 0.890. The van der Waals surface area contributed by atoms with Crippen molar-refractivity contribution in [3.63, 3.8) is 0 Å². The van der Waals surface area contributed by atoms with Crippen molar-refractivity contribution < 1.29 is 18.0 Å². The van der Waals surface area contributed by atoms with E-state index < -0.39 is 11.7 Å². The van der Waals surface area contributed by atoms with E-state index in [1.807, 2.05) is 0 Å². The average molecular weight is 337 g/mol.